The Morgan fingerprint density at radius 2 is 1.32 bits per heavy atom. The van der Waals surface area contributed by atoms with Crippen LogP contribution in [0, 0.1) is 0 Å². The normalized spacial score (nSPS) is 12.4. The highest BCUT2D eigenvalue weighted by Crippen LogP contribution is 2.20. The Balaban J connectivity index is 1.77. The summed E-state index contributed by atoms with van der Waals surface area (Å²) >= 11 is 0. The fraction of sp³-hybridized carbons (Fsp3) is 0.160. The van der Waals surface area contributed by atoms with Crippen LogP contribution < -0.4 is 10.6 Å². The van der Waals surface area contributed by atoms with Crippen molar-refractivity contribution in [1.82, 2.24) is 10.6 Å². The van der Waals surface area contributed by atoms with Crippen molar-refractivity contribution in [2.24, 2.45) is 0 Å². The summed E-state index contributed by atoms with van der Waals surface area (Å²) in [6.07, 6.45) is 0.228. The van der Waals surface area contributed by atoms with Gasteiger partial charge in [-0.05, 0) is 35.7 Å². The zero-order valence-electron chi connectivity index (χ0n) is 17.1. The summed E-state index contributed by atoms with van der Waals surface area (Å²) in [7, 11) is 0. The molecule has 0 saturated carbocycles. The number of carbonyl (C=O) groups excluding carboxylic acids is 2. The molecule has 31 heavy (non-hydrogen) atoms. The number of amides is 2. The second-order valence-corrected chi connectivity index (χ2v) is 7.23. The maximum Gasteiger partial charge on any atom is 0.325 e. The first kappa shape index (κ1) is 21.8. The Hall–Kier alpha value is -3.93. The van der Waals surface area contributed by atoms with Crippen molar-refractivity contribution in [1.29, 1.82) is 0 Å². The molecule has 158 valence electrons. The van der Waals surface area contributed by atoms with Gasteiger partial charge in [0.1, 0.15) is 12.1 Å². The highest BCUT2D eigenvalue weighted by atomic mass is 16.4. The van der Waals surface area contributed by atoms with Crippen LogP contribution in [0.25, 0.3) is 11.1 Å². The SMILES string of the molecule is CC(NC(=O)C(Cc1ccc(-c2ccccc2)cc1)NC(=O)c1ccccc1)C(=O)O. The number of nitrogens with one attached hydrogen (secondary N) is 2. The summed E-state index contributed by atoms with van der Waals surface area (Å²) in [5.41, 5.74) is 3.39. The monoisotopic (exact) mass is 416 g/mol. The van der Waals surface area contributed by atoms with Gasteiger partial charge in [0.15, 0.2) is 0 Å². The van der Waals surface area contributed by atoms with Gasteiger partial charge in [0, 0.05) is 12.0 Å². The molecule has 0 radical (unpaired) electrons. The van der Waals surface area contributed by atoms with Crippen LogP contribution in [-0.2, 0) is 16.0 Å². The second kappa shape index (κ2) is 10.2. The van der Waals surface area contributed by atoms with E-state index in [4.69, 9.17) is 5.11 Å². The number of hydrogen-bond acceptors (Lipinski definition) is 3. The lowest BCUT2D eigenvalue weighted by atomic mass is 10.00. The third-order valence-electron chi connectivity index (χ3n) is 4.89. The van der Waals surface area contributed by atoms with Crippen molar-refractivity contribution in [2.45, 2.75) is 25.4 Å². The summed E-state index contributed by atoms with van der Waals surface area (Å²) in [5.74, 6) is -2.09. The molecule has 0 aliphatic rings. The van der Waals surface area contributed by atoms with E-state index in [0.717, 1.165) is 16.7 Å². The third-order valence-corrected chi connectivity index (χ3v) is 4.89. The molecular formula is C25H24N2O4. The van der Waals surface area contributed by atoms with Gasteiger partial charge in [-0.3, -0.25) is 14.4 Å². The van der Waals surface area contributed by atoms with Crippen molar-refractivity contribution in [3.63, 3.8) is 0 Å². The van der Waals surface area contributed by atoms with Gasteiger partial charge in [-0.25, -0.2) is 0 Å². The minimum absolute atomic E-state index is 0.228. The first-order chi connectivity index (χ1) is 14.9. The van der Waals surface area contributed by atoms with Crippen LogP contribution in [0.2, 0.25) is 0 Å². The van der Waals surface area contributed by atoms with Crippen molar-refractivity contribution in [3.8, 4) is 11.1 Å². The summed E-state index contributed by atoms with van der Waals surface area (Å²) in [5, 5.41) is 14.3. The van der Waals surface area contributed by atoms with E-state index in [1.54, 1.807) is 30.3 Å². The number of carbonyl (C=O) groups is 3. The Morgan fingerprint density at radius 1 is 0.774 bits per heavy atom. The van der Waals surface area contributed by atoms with Crippen LogP contribution in [0.15, 0.2) is 84.9 Å². The first-order valence-corrected chi connectivity index (χ1v) is 9.97. The number of carboxylic acids is 1. The molecular weight excluding hydrogens is 392 g/mol. The van der Waals surface area contributed by atoms with Crippen molar-refractivity contribution < 1.29 is 19.5 Å². The van der Waals surface area contributed by atoms with Crippen molar-refractivity contribution in [2.75, 3.05) is 0 Å². The average Bonchev–Trinajstić information content (AvgIpc) is 2.80. The molecule has 0 heterocycles. The molecule has 6 nitrogen and oxygen atoms in total. The zero-order chi connectivity index (χ0) is 22.2. The highest BCUT2D eigenvalue weighted by Gasteiger charge is 2.25. The topological polar surface area (TPSA) is 95.5 Å². The van der Waals surface area contributed by atoms with Crippen molar-refractivity contribution in [3.05, 3.63) is 96.1 Å². The summed E-state index contributed by atoms with van der Waals surface area (Å²) in [4.78, 5) is 36.5. The second-order valence-electron chi connectivity index (χ2n) is 7.23. The molecule has 3 aromatic carbocycles. The maximum atomic E-state index is 12.7. The Morgan fingerprint density at radius 3 is 1.90 bits per heavy atom. The molecule has 0 aromatic heterocycles. The lowest BCUT2D eigenvalue weighted by Gasteiger charge is -2.20. The van der Waals surface area contributed by atoms with E-state index in [2.05, 4.69) is 10.6 Å². The van der Waals surface area contributed by atoms with Gasteiger partial charge in [-0.2, -0.15) is 0 Å². The average molecular weight is 416 g/mol. The summed E-state index contributed by atoms with van der Waals surface area (Å²) < 4.78 is 0. The minimum Gasteiger partial charge on any atom is -0.480 e. The van der Waals surface area contributed by atoms with Gasteiger partial charge in [0.05, 0.1) is 0 Å². The Kier molecular flexibility index (Phi) is 7.17. The molecule has 0 bridgehead atoms. The smallest absolute Gasteiger partial charge is 0.325 e. The Bertz CT molecular complexity index is 1030. The molecule has 2 atom stereocenters. The lowest BCUT2D eigenvalue weighted by Crippen LogP contribution is -2.51. The predicted octanol–water partition coefficient (Wildman–Crippen LogP) is 3.28. The van der Waals surface area contributed by atoms with E-state index >= 15 is 0 Å². The first-order valence-electron chi connectivity index (χ1n) is 9.97. The summed E-state index contributed by atoms with van der Waals surface area (Å²) in [6.45, 7) is 1.38. The molecule has 3 N–H and O–H groups in total. The van der Waals surface area contributed by atoms with E-state index in [1.165, 1.54) is 6.92 Å². The van der Waals surface area contributed by atoms with Gasteiger partial charge in [-0.1, -0.05) is 72.8 Å². The van der Waals surface area contributed by atoms with Crippen LogP contribution >= 0.6 is 0 Å². The molecule has 2 amide bonds. The van der Waals surface area contributed by atoms with E-state index in [-0.39, 0.29) is 6.42 Å². The van der Waals surface area contributed by atoms with Crippen molar-refractivity contribution >= 4 is 17.8 Å². The number of rotatable bonds is 8. The molecule has 2 unspecified atom stereocenters. The maximum absolute atomic E-state index is 12.7. The number of hydrogen-bond donors (Lipinski definition) is 3. The van der Waals surface area contributed by atoms with Crippen LogP contribution in [0.3, 0.4) is 0 Å². The van der Waals surface area contributed by atoms with E-state index in [0.29, 0.717) is 5.56 Å². The minimum atomic E-state index is -1.14. The van der Waals surface area contributed by atoms with Crippen LogP contribution in [0.4, 0.5) is 0 Å². The Labute approximate surface area is 180 Å². The van der Waals surface area contributed by atoms with Gasteiger partial charge >= 0.3 is 5.97 Å². The number of aliphatic carboxylic acids is 1. The predicted molar refractivity (Wildman–Crippen MR) is 119 cm³/mol. The molecule has 0 aliphatic carbocycles. The molecule has 0 fully saturated rings. The van der Waals surface area contributed by atoms with Gasteiger partial charge in [0.25, 0.3) is 5.91 Å². The van der Waals surface area contributed by atoms with Gasteiger partial charge in [-0.15, -0.1) is 0 Å². The standard InChI is InChI=1S/C25H24N2O4/c1-17(25(30)31)26-24(29)22(27-23(28)21-10-6-3-7-11-21)16-18-12-14-20(15-13-18)19-8-4-2-5-9-19/h2-15,17,22H,16H2,1H3,(H,26,29)(H,27,28)(H,30,31). The lowest BCUT2D eigenvalue weighted by molar-refractivity contribution is -0.141. The van der Waals surface area contributed by atoms with E-state index < -0.39 is 29.9 Å². The number of carboxylic acid groups (broad SMARTS) is 1. The summed E-state index contributed by atoms with van der Waals surface area (Å²) in [6, 6.07) is 24.2. The zero-order valence-corrected chi connectivity index (χ0v) is 17.1. The van der Waals surface area contributed by atoms with E-state index in [9.17, 15) is 14.4 Å². The molecule has 3 rings (SSSR count). The molecule has 0 aliphatic heterocycles. The van der Waals surface area contributed by atoms with Crippen LogP contribution in [0.5, 0.6) is 0 Å². The number of benzene rings is 3. The van der Waals surface area contributed by atoms with Gasteiger partial charge < -0.3 is 15.7 Å². The van der Waals surface area contributed by atoms with E-state index in [1.807, 2.05) is 54.6 Å². The van der Waals surface area contributed by atoms with Crippen LogP contribution in [-0.4, -0.2) is 35.0 Å². The fourth-order valence-electron chi connectivity index (χ4n) is 3.12. The van der Waals surface area contributed by atoms with Crippen LogP contribution in [0.1, 0.15) is 22.8 Å². The third kappa shape index (κ3) is 6.02. The quantitative estimate of drug-likeness (QED) is 0.525. The largest absolute Gasteiger partial charge is 0.480 e. The molecule has 0 spiro atoms. The van der Waals surface area contributed by atoms with Gasteiger partial charge in [0.2, 0.25) is 5.91 Å². The molecule has 6 heteroatoms. The fourth-order valence-corrected chi connectivity index (χ4v) is 3.12. The molecule has 3 aromatic rings. The highest BCUT2D eigenvalue weighted by molar-refractivity contribution is 5.98. The molecule has 0 saturated heterocycles.